The molecule has 5 nitrogen and oxygen atoms in total. The molecule has 1 heterocycles. The quantitative estimate of drug-likeness (QED) is 0.642. The fourth-order valence-electron chi connectivity index (χ4n) is 1.68. The molecule has 94 valence electrons. The van der Waals surface area contributed by atoms with Gasteiger partial charge in [0.15, 0.2) is 0 Å². The van der Waals surface area contributed by atoms with Gasteiger partial charge in [0.05, 0.1) is 24.7 Å². The molecule has 0 saturated carbocycles. The first-order valence-electron chi connectivity index (χ1n) is 5.53. The zero-order chi connectivity index (χ0) is 13.0. The van der Waals surface area contributed by atoms with Crippen LogP contribution in [0.3, 0.4) is 0 Å². The summed E-state index contributed by atoms with van der Waals surface area (Å²) >= 11 is 0. The number of ether oxygens (including phenoxy) is 1. The van der Waals surface area contributed by atoms with Gasteiger partial charge in [0.25, 0.3) is 0 Å². The number of aromatic hydroxyl groups is 1. The van der Waals surface area contributed by atoms with E-state index < -0.39 is 0 Å². The Morgan fingerprint density at radius 1 is 1.33 bits per heavy atom. The van der Waals surface area contributed by atoms with Crippen molar-refractivity contribution in [1.29, 1.82) is 0 Å². The van der Waals surface area contributed by atoms with Crippen LogP contribution in [0.15, 0.2) is 54.2 Å². The van der Waals surface area contributed by atoms with E-state index in [1.807, 2.05) is 18.2 Å². The molecule has 18 heavy (non-hydrogen) atoms. The normalized spacial score (nSPS) is 10.2. The molecule has 0 amide bonds. The molecule has 2 aromatic rings. The summed E-state index contributed by atoms with van der Waals surface area (Å²) in [7, 11) is 0. The molecule has 0 spiro atoms. The predicted octanol–water partition coefficient (Wildman–Crippen LogP) is 1.50. The fraction of sp³-hybridized carbons (Fsp3) is 0.154. The summed E-state index contributed by atoms with van der Waals surface area (Å²) in [6.07, 6.45) is 2.70. The molecule has 1 aromatic heterocycles. The monoisotopic (exact) mass is 246 g/mol. The largest absolute Gasteiger partial charge is 0.500 e. The van der Waals surface area contributed by atoms with E-state index in [-0.39, 0.29) is 24.7 Å². The van der Waals surface area contributed by atoms with Crippen molar-refractivity contribution < 1.29 is 9.84 Å². The molecular weight excluding hydrogens is 232 g/mol. The van der Waals surface area contributed by atoms with Gasteiger partial charge in [0.1, 0.15) is 6.61 Å². The molecule has 0 aliphatic heterocycles. The average molecular weight is 246 g/mol. The molecule has 0 radical (unpaired) electrons. The van der Waals surface area contributed by atoms with Crippen molar-refractivity contribution in [2.45, 2.75) is 6.54 Å². The lowest BCUT2D eigenvalue weighted by atomic mass is 10.3. The van der Waals surface area contributed by atoms with Gasteiger partial charge in [-0.2, -0.15) is 0 Å². The van der Waals surface area contributed by atoms with Crippen LogP contribution in [-0.4, -0.2) is 20.8 Å². The average Bonchev–Trinajstić information content (AvgIpc) is 2.68. The standard InChI is InChI=1S/C13H14N2O3/c1-2-18-9-8-14-12(16)10-15(13(14)17)11-6-4-3-5-7-11/h2-7,10,16H,1,8-9H2. The second kappa shape index (κ2) is 5.27. The summed E-state index contributed by atoms with van der Waals surface area (Å²) in [5.41, 5.74) is 0.410. The maximum Gasteiger partial charge on any atom is 0.335 e. The van der Waals surface area contributed by atoms with Gasteiger partial charge >= 0.3 is 5.69 Å². The molecule has 1 N–H and O–H groups in total. The molecule has 0 bridgehead atoms. The van der Waals surface area contributed by atoms with Gasteiger partial charge in [-0.15, -0.1) is 0 Å². The fourth-order valence-corrected chi connectivity index (χ4v) is 1.68. The topological polar surface area (TPSA) is 56.4 Å². The third kappa shape index (κ3) is 2.29. The summed E-state index contributed by atoms with van der Waals surface area (Å²) in [5.74, 6) is -0.0866. The van der Waals surface area contributed by atoms with E-state index in [4.69, 9.17) is 4.74 Å². The number of rotatable bonds is 5. The number of imidazole rings is 1. The van der Waals surface area contributed by atoms with Crippen molar-refractivity contribution in [1.82, 2.24) is 9.13 Å². The maximum absolute atomic E-state index is 12.1. The number of benzene rings is 1. The van der Waals surface area contributed by atoms with Gasteiger partial charge in [-0.25, -0.2) is 4.79 Å². The molecular formula is C13H14N2O3. The molecule has 0 unspecified atom stereocenters. The first kappa shape index (κ1) is 12.0. The van der Waals surface area contributed by atoms with E-state index in [1.54, 1.807) is 12.1 Å². The van der Waals surface area contributed by atoms with Crippen LogP contribution < -0.4 is 5.69 Å². The third-order valence-corrected chi connectivity index (χ3v) is 2.54. The van der Waals surface area contributed by atoms with E-state index in [2.05, 4.69) is 6.58 Å². The Morgan fingerprint density at radius 2 is 2.06 bits per heavy atom. The number of para-hydroxylation sites is 1. The van der Waals surface area contributed by atoms with Crippen LogP contribution in [0, 0.1) is 0 Å². The molecule has 5 heteroatoms. The first-order chi connectivity index (χ1) is 8.74. The third-order valence-electron chi connectivity index (χ3n) is 2.54. The Hall–Kier alpha value is -2.43. The Labute approximate surface area is 104 Å². The van der Waals surface area contributed by atoms with Gasteiger partial charge in [-0.05, 0) is 12.1 Å². The molecule has 0 atom stereocenters. The van der Waals surface area contributed by atoms with E-state index in [9.17, 15) is 9.90 Å². The van der Waals surface area contributed by atoms with Crippen molar-refractivity contribution in [2.75, 3.05) is 6.61 Å². The van der Waals surface area contributed by atoms with E-state index >= 15 is 0 Å². The van der Waals surface area contributed by atoms with Gasteiger partial charge in [-0.1, -0.05) is 24.8 Å². The van der Waals surface area contributed by atoms with Crippen molar-refractivity contribution in [3.8, 4) is 11.6 Å². The minimum absolute atomic E-state index is 0.0866. The lowest BCUT2D eigenvalue weighted by Crippen LogP contribution is -2.24. The smallest absolute Gasteiger partial charge is 0.335 e. The Bertz CT molecular complexity index is 584. The number of nitrogens with zero attached hydrogens (tertiary/aromatic N) is 2. The van der Waals surface area contributed by atoms with Crippen LogP contribution in [-0.2, 0) is 11.3 Å². The Kier molecular flexibility index (Phi) is 3.52. The molecule has 2 rings (SSSR count). The highest BCUT2D eigenvalue weighted by molar-refractivity contribution is 5.32. The lowest BCUT2D eigenvalue weighted by Gasteiger charge is -2.02. The van der Waals surface area contributed by atoms with Crippen LogP contribution in [0.2, 0.25) is 0 Å². The zero-order valence-electron chi connectivity index (χ0n) is 9.82. The minimum Gasteiger partial charge on any atom is -0.500 e. The molecule has 0 fully saturated rings. The number of hydrogen-bond acceptors (Lipinski definition) is 3. The van der Waals surface area contributed by atoms with Crippen molar-refractivity contribution in [2.24, 2.45) is 0 Å². The number of hydrogen-bond donors (Lipinski definition) is 1. The number of aromatic nitrogens is 2. The second-order valence-electron chi connectivity index (χ2n) is 3.66. The Balaban J connectivity index is 2.32. The summed E-state index contributed by atoms with van der Waals surface area (Å²) < 4.78 is 7.58. The van der Waals surface area contributed by atoms with Crippen molar-refractivity contribution in [3.05, 3.63) is 59.9 Å². The molecule has 0 aliphatic rings. The highest BCUT2D eigenvalue weighted by atomic mass is 16.5. The summed E-state index contributed by atoms with van der Waals surface area (Å²) in [4.78, 5) is 12.1. The first-order valence-corrected chi connectivity index (χ1v) is 5.53. The summed E-state index contributed by atoms with van der Waals surface area (Å²) in [5, 5.41) is 9.73. The highest BCUT2D eigenvalue weighted by Crippen LogP contribution is 2.11. The van der Waals surface area contributed by atoms with Gasteiger partial charge in [0, 0.05) is 0 Å². The maximum atomic E-state index is 12.1. The lowest BCUT2D eigenvalue weighted by molar-refractivity contribution is 0.229. The van der Waals surface area contributed by atoms with Gasteiger partial charge in [0.2, 0.25) is 5.88 Å². The Morgan fingerprint density at radius 3 is 2.72 bits per heavy atom. The minimum atomic E-state index is -0.300. The predicted molar refractivity (Wildman–Crippen MR) is 67.8 cm³/mol. The van der Waals surface area contributed by atoms with Crippen molar-refractivity contribution >= 4 is 0 Å². The van der Waals surface area contributed by atoms with Gasteiger partial charge < -0.3 is 9.84 Å². The molecule has 0 saturated heterocycles. The van der Waals surface area contributed by atoms with Crippen LogP contribution >= 0.6 is 0 Å². The molecule has 1 aromatic carbocycles. The van der Waals surface area contributed by atoms with E-state index in [0.717, 1.165) is 0 Å². The highest BCUT2D eigenvalue weighted by Gasteiger charge is 2.10. The van der Waals surface area contributed by atoms with Crippen molar-refractivity contribution in [3.63, 3.8) is 0 Å². The summed E-state index contributed by atoms with van der Waals surface area (Å²) in [6.45, 7) is 3.97. The van der Waals surface area contributed by atoms with Gasteiger partial charge in [-0.3, -0.25) is 9.13 Å². The molecule has 0 aliphatic carbocycles. The van der Waals surface area contributed by atoms with Crippen LogP contribution in [0.4, 0.5) is 0 Å². The van der Waals surface area contributed by atoms with E-state index in [0.29, 0.717) is 5.69 Å². The van der Waals surface area contributed by atoms with E-state index in [1.165, 1.54) is 21.6 Å². The summed E-state index contributed by atoms with van der Waals surface area (Å²) in [6, 6.07) is 9.12. The van der Waals surface area contributed by atoms with Crippen LogP contribution in [0.25, 0.3) is 5.69 Å². The van der Waals surface area contributed by atoms with Crippen LogP contribution in [0.1, 0.15) is 0 Å². The second-order valence-corrected chi connectivity index (χ2v) is 3.66. The zero-order valence-corrected chi connectivity index (χ0v) is 9.82. The van der Waals surface area contributed by atoms with Crippen LogP contribution in [0.5, 0.6) is 5.88 Å². The SMILES string of the molecule is C=COCCn1c(O)cn(-c2ccccc2)c1=O.